The van der Waals surface area contributed by atoms with Crippen molar-refractivity contribution in [1.82, 2.24) is 15.6 Å². The Morgan fingerprint density at radius 2 is 2.42 bits per heavy atom. The van der Waals surface area contributed by atoms with E-state index in [1.54, 1.807) is 6.07 Å². The predicted octanol–water partition coefficient (Wildman–Crippen LogP) is 0.857. The molecule has 1 saturated heterocycles. The zero-order valence-corrected chi connectivity index (χ0v) is 11.9. The number of aliphatic hydroxyl groups is 1. The minimum Gasteiger partial charge on any atom is -0.391 e. The Hall–Kier alpha value is -0.880. The molecule has 1 fully saturated rings. The van der Waals surface area contributed by atoms with Crippen molar-refractivity contribution in [3.8, 4) is 0 Å². The normalized spacial score (nSPS) is 22.4. The van der Waals surface area contributed by atoms with Gasteiger partial charge in [0.2, 0.25) is 0 Å². The van der Waals surface area contributed by atoms with E-state index in [4.69, 9.17) is 11.6 Å². The van der Waals surface area contributed by atoms with Crippen LogP contribution in [0.1, 0.15) is 16.8 Å². The molecule has 2 atom stereocenters. The molecule has 5 nitrogen and oxygen atoms in total. The summed E-state index contributed by atoms with van der Waals surface area (Å²) in [5.41, 5.74) is 0.412. The summed E-state index contributed by atoms with van der Waals surface area (Å²) >= 11 is 5.89. The van der Waals surface area contributed by atoms with Gasteiger partial charge in [0.15, 0.2) is 0 Å². The number of aromatic nitrogens is 1. The molecule has 1 aliphatic heterocycles. The molecule has 1 aliphatic rings. The molecule has 2 heterocycles. The molecule has 3 N–H and O–H groups in total. The molecule has 0 saturated carbocycles. The van der Waals surface area contributed by atoms with Crippen molar-refractivity contribution in [3.05, 3.63) is 29.0 Å². The number of aliphatic hydroxyl groups excluding tert-OH is 1. The van der Waals surface area contributed by atoms with Crippen molar-refractivity contribution in [1.29, 1.82) is 0 Å². The lowest BCUT2D eigenvalue weighted by Crippen LogP contribution is -2.45. The first-order valence-corrected chi connectivity index (χ1v) is 6.33. The third-order valence-corrected chi connectivity index (χ3v) is 3.43. The largest absolute Gasteiger partial charge is 0.391 e. The average molecular weight is 306 g/mol. The standard InChI is InChI=1S/C12H16ClN3O2.ClH/c13-10-6-14-4-2-9(10)12(18)16-5-8-1-3-15-7-11(8)17;/h2,4,6,8,11,15,17H,1,3,5,7H2,(H,16,18);1H/t8-,11+;/m0./s1. The third kappa shape index (κ3) is 4.31. The zero-order valence-electron chi connectivity index (χ0n) is 10.3. The Morgan fingerprint density at radius 3 is 3.11 bits per heavy atom. The lowest BCUT2D eigenvalue weighted by Gasteiger charge is -2.28. The number of hydrogen-bond donors (Lipinski definition) is 3. The highest BCUT2D eigenvalue weighted by Gasteiger charge is 2.23. The second-order valence-electron chi connectivity index (χ2n) is 4.39. The van der Waals surface area contributed by atoms with Gasteiger partial charge in [0.1, 0.15) is 0 Å². The van der Waals surface area contributed by atoms with Gasteiger partial charge in [-0.2, -0.15) is 0 Å². The Morgan fingerprint density at radius 1 is 1.63 bits per heavy atom. The van der Waals surface area contributed by atoms with Crippen LogP contribution in [0.4, 0.5) is 0 Å². The van der Waals surface area contributed by atoms with Crippen molar-refractivity contribution in [2.45, 2.75) is 12.5 Å². The Balaban J connectivity index is 0.00000180. The molecule has 0 bridgehead atoms. The van der Waals surface area contributed by atoms with E-state index in [2.05, 4.69) is 15.6 Å². The molecule has 0 unspecified atom stereocenters. The fourth-order valence-electron chi connectivity index (χ4n) is 2.01. The number of pyridine rings is 1. The van der Waals surface area contributed by atoms with Gasteiger partial charge < -0.3 is 15.7 Å². The quantitative estimate of drug-likeness (QED) is 0.774. The number of hydrogen-bond acceptors (Lipinski definition) is 4. The van der Waals surface area contributed by atoms with E-state index in [1.165, 1.54) is 12.4 Å². The molecule has 0 radical (unpaired) electrons. The van der Waals surface area contributed by atoms with Gasteiger partial charge in [-0.3, -0.25) is 9.78 Å². The number of carbonyl (C=O) groups is 1. The van der Waals surface area contributed by atoms with Crippen LogP contribution in [0, 0.1) is 5.92 Å². The third-order valence-electron chi connectivity index (χ3n) is 3.13. The lowest BCUT2D eigenvalue weighted by atomic mass is 9.95. The highest BCUT2D eigenvalue weighted by atomic mass is 35.5. The maximum atomic E-state index is 11.9. The molecule has 7 heteroatoms. The molecule has 106 valence electrons. The monoisotopic (exact) mass is 305 g/mol. The van der Waals surface area contributed by atoms with Gasteiger partial charge in [0, 0.05) is 31.4 Å². The van der Waals surface area contributed by atoms with Crippen molar-refractivity contribution < 1.29 is 9.90 Å². The average Bonchev–Trinajstić information content (AvgIpc) is 2.38. The van der Waals surface area contributed by atoms with E-state index < -0.39 is 6.10 Å². The van der Waals surface area contributed by atoms with E-state index in [1.807, 2.05) is 0 Å². The number of rotatable bonds is 3. The van der Waals surface area contributed by atoms with Gasteiger partial charge >= 0.3 is 0 Å². The SMILES string of the molecule is Cl.O=C(NC[C@@H]1CCNC[C@H]1O)c1ccncc1Cl. The summed E-state index contributed by atoms with van der Waals surface area (Å²) in [5, 5.41) is 16.0. The number of halogens is 2. The predicted molar refractivity (Wildman–Crippen MR) is 75.8 cm³/mol. The number of piperidine rings is 1. The number of nitrogens with zero attached hydrogens (tertiary/aromatic N) is 1. The molecule has 1 amide bonds. The number of carbonyl (C=O) groups excluding carboxylic acids is 1. The topological polar surface area (TPSA) is 74.2 Å². The smallest absolute Gasteiger partial charge is 0.252 e. The Kier molecular flexibility index (Phi) is 6.51. The van der Waals surface area contributed by atoms with Crippen LogP contribution in [0.3, 0.4) is 0 Å². The van der Waals surface area contributed by atoms with Crippen molar-refractivity contribution in [2.24, 2.45) is 5.92 Å². The fourth-order valence-corrected chi connectivity index (χ4v) is 2.22. The van der Waals surface area contributed by atoms with E-state index in [0.717, 1.165) is 13.0 Å². The highest BCUT2D eigenvalue weighted by Crippen LogP contribution is 2.14. The van der Waals surface area contributed by atoms with Crippen molar-refractivity contribution in [2.75, 3.05) is 19.6 Å². The minimum atomic E-state index is -0.410. The van der Waals surface area contributed by atoms with Gasteiger partial charge in [0.05, 0.1) is 16.7 Å². The molecular formula is C12H17Cl2N3O2. The Labute approximate surface area is 123 Å². The summed E-state index contributed by atoms with van der Waals surface area (Å²) in [6, 6.07) is 1.58. The maximum absolute atomic E-state index is 11.9. The molecule has 0 aromatic carbocycles. The summed E-state index contributed by atoms with van der Waals surface area (Å²) in [7, 11) is 0. The van der Waals surface area contributed by atoms with E-state index in [9.17, 15) is 9.90 Å². The number of nitrogens with one attached hydrogen (secondary N) is 2. The lowest BCUT2D eigenvalue weighted by molar-refractivity contribution is 0.0753. The van der Waals surface area contributed by atoms with Crippen molar-refractivity contribution in [3.63, 3.8) is 0 Å². The summed E-state index contributed by atoms with van der Waals surface area (Å²) in [5.74, 6) is -0.135. The summed E-state index contributed by atoms with van der Waals surface area (Å²) in [6.07, 6.45) is 3.41. The fraction of sp³-hybridized carbons (Fsp3) is 0.500. The first-order chi connectivity index (χ1) is 8.68. The molecule has 1 aromatic heterocycles. The summed E-state index contributed by atoms with van der Waals surface area (Å²) in [4.78, 5) is 15.7. The van der Waals surface area contributed by atoms with Gasteiger partial charge in [-0.15, -0.1) is 12.4 Å². The molecule has 0 aliphatic carbocycles. The highest BCUT2D eigenvalue weighted by molar-refractivity contribution is 6.33. The van der Waals surface area contributed by atoms with Gasteiger partial charge in [-0.1, -0.05) is 11.6 Å². The summed E-state index contributed by atoms with van der Waals surface area (Å²) in [6.45, 7) is 1.91. The van der Waals surface area contributed by atoms with Crippen LogP contribution in [0.2, 0.25) is 5.02 Å². The van der Waals surface area contributed by atoms with Gasteiger partial charge in [0.25, 0.3) is 5.91 Å². The van der Waals surface area contributed by atoms with E-state index in [0.29, 0.717) is 23.7 Å². The van der Waals surface area contributed by atoms with Crippen LogP contribution in [-0.4, -0.2) is 41.7 Å². The second kappa shape index (κ2) is 7.65. The van der Waals surface area contributed by atoms with Crippen LogP contribution in [0.5, 0.6) is 0 Å². The molecule has 0 spiro atoms. The Bertz CT molecular complexity index is 431. The molecule has 2 rings (SSSR count). The molecule has 1 aromatic rings. The van der Waals surface area contributed by atoms with E-state index in [-0.39, 0.29) is 24.2 Å². The first kappa shape index (κ1) is 16.2. The minimum absolute atomic E-state index is 0. The first-order valence-electron chi connectivity index (χ1n) is 5.95. The van der Waals surface area contributed by atoms with Gasteiger partial charge in [-0.05, 0) is 19.0 Å². The molecular weight excluding hydrogens is 289 g/mol. The van der Waals surface area contributed by atoms with E-state index >= 15 is 0 Å². The van der Waals surface area contributed by atoms with Crippen LogP contribution in [0.15, 0.2) is 18.5 Å². The zero-order chi connectivity index (χ0) is 13.0. The number of β-amino-alcohol motifs (C(OH)–C–C–N with tert-alkyl or cyclic N) is 1. The van der Waals surface area contributed by atoms with Crippen LogP contribution in [0.25, 0.3) is 0 Å². The van der Waals surface area contributed by atoms with Crippen LogP contribution >= 0.6 is 24.0 Å². The van der Waals surface area contributed by atoms with Crippen LogP contribution in [-0.2, 0) is 0 Å². The van der Waals surface area contributed by atoms with Gasteiger partial charge in [-0.25, -0.2) is 0 Å². The number of amides is 1. The molecule has 19 heavy (non-hydrogen) atoms. The maximum Gasteiger partial charge on any atom is 0.252 e. The summed E-state index contributed by atoms with van der Waals surface area (Å²) < 4.78 is 0. The van der Waals surface area contributed by atoms with Crippen molar-refractivity contribution >= 4 is 29.9 Å². The van der Waals surface area contributed by atoms with Crippen LogP contribution < -0.4 is 10.6 Å². The second-order valence-corrected chi connectivity index (χ2v) is 4.79.